The zero-order valence-electron chi connectivity index (χ0n) is 14.3. The van der Waals surface area contributed by atoms with Crippen LogP contribution in [0.1, 0.15) is 31.9 Å². The molecule has 1 unspecified atom stereocenters. The van der Waals surface area contributed by atoms with Crippen LogP contribution in [0.25, 0.3) is 17.0 Å². The summed E-state index contributed by atoms with van der Waals surface area (Å²) in [5.74, 6) is 0.696. The number of sulfone groups is 1. The highest BCUT2D eigenvalue weighted by Crippen LogP contribution is 2.21. The second-order valence-corrected chi connectivity index (χ2v) is 8.69. The second kappa shape index (κ2) is 7.44. The Morgan fingerprint density at radius 1 is 1.36 bits per heavy atom. The van der Waals surface area contributed by atoms with Gasteiger partial charge in [-0.25, -0.2) is 8.42 Å². The summed E-state index contributed by atoms with van der Waals surface area (Å²) < 4.78 is 29.2. The molecular formula is C19H23NO4S. The van der Waals surface area contributed by atoms with Gasteiger partial charge in [-0.05, 0) is 31.1 Å². The fourth-order valence-electron chi connectivity index (χ4n) is 3.16. The quantitative estimate of drug-likeness (QED) is 0.741. The van der Waals surface area contributed by atoms with Crippen molar-refractivity contribution >= 4 is 32.8 Å². The molecule has 0 aliphatic carbocycles. The van der Waals surface area contributed by atoms with Gasteiger partial charge in [0.15, 0.2) is 9.84 Å². The summed E-state index contributed by atoms with van der Waals surface area (Å²) in [5, 5.41) is 0.985. The molecule has 1 aromatic carbocycles. The number of para-hydroxylation sites is 1. The van der Waals surface area contributed by atoms with Gasteiger partial charge in [-0.2, -0.15) is 0 Å². The summed E-state index contributed by atoms with van der Waals surface area (Å²) in [6, 6.07) is 9.33. The number of fused-ring (bicyclic) bond motifs is 1. The van der Waals surface area contributed by atoms with E-state index < -0.39 is 9.84 Å². The number of furan rings is 1. The molecule has 25 heavy (non-hydrogen) atoms. The molecule has 1 fully saturated rings. The predicted octanol–water partition coefficient (Wildman–Crippen LogP) is 3.26. The molecule has 3 rings (SSSR count). The Hall–Kier alpha value is -2.08. The number of benzene rings is 1. The number of rotatable bonds is 6. The van der Waals surface area contributed by atoms with Crippen molar-refractivity contribution < 1.29 is 17.6 Å². The molecule has 0 saturated carbocycles. The molecule has 6 heteroatoms. The topological polar surface area (TPSA) is 67.6 Å². The third-order valence-corrected chi connectivity index (χ3v) is 6.27. The van der Waals surface area contributed by atoms with Crippen LogP contribution < -0.4 is 0 Å². The molecule has 1 saturated heterocycles. The first-order valence-electron chi connectivity index (χ1n) is 8.66. The summed E-state index contributed by atoms with van der Waals surface area (Å²) >= 11 is 0. The fraction of sp³-hybridized carbons (Fsp3) is 0.421. The number of hydrogen-bond donors (Lipinski definition) is 0. The van der Waals surface area contributed by atoms with Crippen LogP contribution in [0.2, 0.25) is 0 Å². The van der Waals surface area contributed by atoms with E-state index in [0.29, 0.717) is 18.7 Å². The van der Waals surface area contributed by atoms with Gasteiger partial charge in [0.05, 0.1) is 11.5 Å². The normalized spacial score (nSPS) is 19.6. The van der Waals surface area contributed by atoms with E-state index >= 15 is 0 Å². The largest absolute Gasteiger partial charge is 0.457 e. The van der Waals surface area contributed by atoms with Crippen LogP contribution in [0.15, 0.2) is 40.8 Å². The van der Waals surface area contributed by atoms with Gasteiger partial charge >= 0.3 is 0 Å². The summed E-state index contributed by atoms with van der Waals surface area (Å²) in [7, 11) is -3.02. The van der Waals surface area contributed by atoms with Crippen LogP contribution in [0, 0.1) is 0 Å². The van der Waals surface area contributed by atoms with E-state index in [2.05, 4.69) is 6.92 Å². The average Bonchev–Trinajstić information content (AvgIpc) is 3.16. The molecule has 1 aromatic heterocycles. The first-order chi connectivity index (χ1) is 12.0. The lowest BCUT2D eigenvalue weighted by atomic mass is 10.2. The van der Waals surface area contributed by atoms with Crippen LogP contribution in [0.5, 0.6) is 0 Å². The number of nitrogens with zero attached hydrogens (tertiary/aromatic N) is 1. The minimum atomic E-state index is -3.02. The predicted molar refractivity (Wildman–Crippen MR) is 98.9 cm³/mol. The first kappa shape index (κ1) is 17.7. The van der Waals surface area contributed by atoms with E-state index in [1.807, 2.05) is 30.3 Å². The molecule has 0 radical (unpaired) electrons. The third-order valence-electron chi connectivity index (χ3n) is 4.52. The Labute approximate surface area is 148 Å². The highest BCUT2D eigenvalue weighted by Gasteiger charge is 2.33. The number of carbonyl (C=O) groups excluding carboxylic acids is 1. The lowest BCUT2D eigenvalue weighted by molar-refractivity contribution is -0.127. The van der Waals surface area contributed by atoms with Gasteiger partial charge < -0.3 is 9.32 Å². The van der Waals surface area contributed by atoms with E-state index in [9.17, 15) is 13.2 Å². The van der Waals surface area contributed by atoms with Crippen LogP contribution in [0.4, 0.5) is 0 Å². The van der Waals surface area contributed by atoms with Gasteiger partial charge in [-0.3, -0.25) is 4.79 Å². The van der Waals surface area contributed by atoms with Gasteiger partial charge in [0.25, 0.3) is 0 Å². The van der Waals surface area contributed by atoms with Crippen molar-refractivity contribution in [3.8, 4) is 0 Å². The van der Waals surface area contributed by atoms with Crippen LogP contribution in [0.3, 0.4) is 0 Å². The van der Waals surface area contributed by atoms with Gasteiger partial charge in [0, 0.05) is 24.0 Å². The lowest BCUT2D eigenvalue weighted by Crippen LogP contribution is -2.40. The second-order valence-electron chi connectivity index (χ2n) is 6.46. The fourth-order valence-corrected chi connectivity index (χ4v) is 4.89. The van der Waals surface area contributed by atoms with Gasteiger partial charge in [0.1, 0.15) is 11.3 Å². The Kier molecular flexibility index (Phi) is 5.27. The Morgan fingerprint density at radius 2 is 2.16 bits per heavy atom. The molecule has 2 heterocycles. The van der Waals surface area contributed by atoms with Crippen molar-refractivity contribution in [1.29, 1.82) is 0 Å². The Morgan fingerprint density at radius 3 is 2.84 bits per heavy atom. The van der Waals surface area contributed by atoms with E-state index in [4.69, 9.17) is 4.42 Å². The lowest BCUT2D eigenvalue weighted by Gasteiger charge is -2.27. The molecule has 134 valence electrons. The molecule has 1 aliphatic rings. The third kappa shape index (κ3) is 4.31. The Balaban J connectivity index is 1.74. The summed E-state index contributed by atoms with van der Waals surface area (Å²) in [4.78, 5) is 14.3. The van der Waals surface area contributed by atoms with E-state index in [-0.39, 0.29) is 23.5 Å². The zero-order valence-corrected chi connectivity index (χ0v) is 15.2. The molecule has 0 bridgehead atoms. The van der Waals surface area contributed by atoms with Crippen molar-refractivity contribution in [2.24, 2.45) is 0 Å². The van der Waals surface area contributed by atoms with E-state index in [0.717, 1.165) is 23.8 Å². The van der Waals surface area contributed by atoms with Crippen molar-refractivity contribution in [1.82, 2.24) is 4.90 Å². The highest BCUT2D eigenvalue weighted by atomic mass is 32.2. The van der Waals surface area contributed by atoms with E-state index in [1.54, 1.807) is 11.0 Å². The van der Waals surface area contributed by atoms with Crippen molar-refractivity contribution in [3.63, 3.8) is 0 Å². The molecule has 0 N–H and O–H groups in total. The molecule has 1 amide bonds. The minimum absolute atomic E-state index is 0.0704. The number of unbranched alkanes of at least 4 members (excludes halogenated alkanes) is 1. The summed E-state index contributed by atoms with van der Waals surface area (Å²) in [6.07, 6.45) is 5.48. The van der Waals surface area contributed by atoms with Crippen molar-refractivity contribution in [2.75, 3.05) is 18.1 Å². The van der Waals surface area contributed by atoms with Gasteiger partial charge in [0.2, 0.25) is 5.91 Å². The van der Waals surface area contributed by atoms with Crippen molar-refractivity contribution in [2.45, 2.75) is 32.2 Å². The maximum Gasteiger partial charge on any atom is 0.246 e. The van der Waals surface area contributed by atoms with Gasteiger partial charge in [-0.1, -0.05) is 31.5 Å². The molecule has 1 atom stereocenters. The van der Waals surface area contributed by atoms with Crippen LogP contribution in [-0.2, 0) is 14.6 Å². The summed E-state index contributed by atoms with van der Waals surface area (Å²) in [5.41, 5.74) is 0.777. The minimum Gasteiger partial charge on any atom is -0.457 e. The summed E-state index contributed by atoms with van der Waals surface area (Å²) in [6.45, 7) is 2.64. The maximum atomic E-state index is 12.6. The van der Waals surface area contributed by atoms with Crippen LogP contribution in [-0.4, -0.2) is 43.3 Å². The first-order valence-corrected chi connectivity index (χ1v) is 10.5. The molecular weight excluding hydrogens is 338 g/mol. The van der Waals surface area contributed by atoms with E-state index in [1.165, 1.54) is 6.08 Å². The number of hydrogen-bond acceptors (Lipinski definition) is 4. The number of amides is 1. The molecule has 1 aliphatic heterocycles. The smallest absolute Gasteiger partial charge is 0.246 e. The van der Waals surface area contributed by atoms with Gasteiger partial charge in [-0.15, -0.1) is 0 Å². The maximum absolute atomic E-state index is 12.6. The zero-order chi connectivity index (χ0) is 17.9. The average molecular weight is 361 g/mol. The monoisotopic (exact) mass is 361 g/mol. The number of carbonyl (C=O) groups is 1. The molecule has 0 spiro atoms. The molecule has 2 aromatic rings. The Bertz CT molecular complexity index is 849. The van der Waals surface area contributed by atoms with Crippen LogP contribution >= 0.6 is 0 Å². The van der Waals surface area contributed by atoms with Crippen molar-refractivity contribution in [3.05, 3.63) is 42.2 Å². The highest BCUT2D eigenvalue weighted by molar-refractivity contribution is 7.91. The molecule has 5 nitrogen and oxygen atoms in total. The SMILES string of the molecule is CCCCN(C(=O)/C=C/c1cc2ccccc2o1)C1CCS(=O)(=O)C1. The standard InChI is InChI=1S/C19H23NO4S/c1-2-3-11-20(16-10-12-25(22,23)14-16)19(21)9-8-17-13-15-6-4-5-7-18(15)24-17/h4-9,13,16H,2-3,10-12,14H2,1H3/b9-8+.